The third kappa shape index (κ3) is 3.28. The van der Waals surface area contributed by atoms with Crippen molar-refractivity contribution in [1.29, 1.82) is 0 Å². The normalized spacial score (nSPS) is 10.8. The van der Waals surface area contributed by atoms with Crippen LogP contribution in [-0.4, -0.2) is 16.0 Å². The molecule has 3 N–H and O–H groups in total. The van der Waals surface area contributed by atoms with Crippen LogP contribution in [0, 0.1) is 10.5 Å². The summed E-state index contributed by atoms with van der Waals surface area (Å²) in [5, 5.41) is 13.8. The van der Waals surface area contributed by atoms with E-state index in [0.29, 0.717) is 17.3 Å². The average Bonchev–Trinajstić information content (AvgIpc) is 2.57. The van der Waals surface area contributed by atoms with Crippen LogP contribution in [-0.2, 0) is 6.54 Å². The van der Waals surface area contributed by atoms with Crippen LogP contribution in [0.5, 0.6) is 5.75 Å². The van der Waals surface area contributed by atoms with Crippen molar-refractivity contribution in [2.45, 2.75) is 13.5 Å². The van der Waals surface area contributed by atoms with Crippen LogP contribution in [0.1, 0.15) is 21.6 Å². The van der Waals surface area contributed by atoms with Gasteiger partial charge in [0.05, 0.1) is 5.39 Å². The molecule has 1 amide bonds. The number of carbonyl (C=O) groups excluding carboxylic acids is 1. The number of hydrogen-bond acceptors (Lipinski definition) is 3. The van der Waals surface area contributed by atoms with Gasteiger partial charge in [0.15, 0.2) is 5.75 Å². The van der Waals surface area contributed by atoms with E-state index in [2.05, 4.69) is 32.9 Å². The molecule has 0 bridgehead atoms. The highest BCUT2D eigenvalue weighted by molar-refractivity contribution is 14.1. The van der Waals surface area contributed by atoms with Crippen molar-refractivity contribution in [2.75, 3.05) is 0 Å². The van der Waals surface area contributed by atoms with Crippen LogP contribution in [0.2, 0.25) is 0 Å². The van der Waals surface area contributed by atoms with Gasteiger partial charge in [0.25, 0.3) is 11.5 Å². The van der Waals surface area contributed by atoms with Crippen LogP contribution in [0.25, 0.3) is 10.8 Å². The number of nitrogens with one attached hydrogen (secondary N) is 2. The fourth-order valence-corrected chi connectivity index (χ4v) is 2.92. The molecule has 24 heavy (non-hydrogen) atoms. The van der Waals surface area contributed by atoms with E-state index >= 15 is 0 Å². The van der Waals surface area contributed by atoms with Gasteiger partial charge < -0.3 is 15.4 Å². The van der Waals surface area contributed by atoms with E-state index in [1.165, 1.54) is 0 Å². The molecule has 0 unspecified atom stereocenters. The molecule has 0 aliphatic heterocycles. The minimum Gasteiger partial charge on any atom is -0.505 e. The molecule has 1 heterocycles. The Bertz CT molecular complexity index is 978. The van der Waals surface area contributed by atoms with E-state index in [-0.39, 0.29) is 11.4 Å². The van der Waals surface area contributed by atoms with Gasteiger partial charge >= 0.3 is 0 Å². The minimum atomic E-state index is -0.522. The molecule has 3 aromatic rings. The number of aromatic hydroxyl groups is 1. The molecule has 0 aliphatic carbocycles. The Morgan fingerprint density at radius 3 is 2.58 bits per heavy atom. The average molecular weight is 434 g/mol. The Hall–Kier alpha value is -2.35. The Balaban J connectivity index is 1.91. The lowest BCUT2D eigenvalue weighted by Gasteiger charge is -2.09. The molecule has 122 valence electrons. The number of rotatable bonds is 3. The zero-order valence-corrected chi connectivity index (χ0v) is 15.0. The molecule has 0 radical (unpaired) electrons. The number of halogens is 1. The maximum absolute atomic E-state index is 12.3. The summed E-state index contributed by atoms with van der Waals surface area (Å²) in [5.41, 5.74) is 1.55. The van der Waals surface area contributed by atoms with Gasteiger partial charge in [0.1, 0.15) is 5.69 Å². The zero-order chi connectivity index (χ0) is 17.3. The SMILES string of the molecule is Cc1ccc(CNC(=O)c2[nH]c(=O)c3ccc(I)cc3c2O)cc1. The number of H-pyrrole nitrogens is 1. The van der Waals surface area contributed by atoms with Crippen LogP contribution < -0.4 is 10.9 Å². The summed E-state index contributed by atoms with van der Waals surface area (Å²) in [6, 6.07) is 12.8. The van der Waals surface area contributed by atoms with Crippen LogP contribution >= 0.6 is 22.6 Å². The number of pyridine rings is 1. The zero-order valence-electron chi connectivity index (χ0n) is 12.9. The Morgan fingerprint density at radius 2 is 1.88 bits per heavy atom. The molecular weight excluding hydrogens is 419 g/mol. The van der Waals surface area contributed by atoms with Gasteiger partial charge in [-0.2, -0.15) is 0 Å². The van der Waals surface area contributed by atoms with Crippen molar-refractivity contribution >= 4 is 39.3 Å². The van der Waals surface area contributed by atoms with Gasteiger partial charge in [0, 0.05) is 15.5 Å². The van der Waals surface area contributed by atoms with Crippen molar-refractivity contribution in [2.24, 2.45) is 0 Å². The molecule has 0 saturated carbocycles. The van der Waals surface area contributed by atoms with Gasteiger partial charge in [-0.25, -0.2) is 0 Å². The number of amides is 1. The van der Waals surface area contributed by atoms with E-state index in [0.717, 1.165) is 14.7 Å². The van der Waals surface area contributed by atoms with E-state index in [4.69, 9.17) is 0 Å². The first kappa shape index (κ1) is 16.5. The summed E-state index contributed by atoms with van der Waals surface area (Å²) in [5.74, 6) is -0.740. The second-order valence-electron chi connectivity index (χ2n) is 5.54. The molecule has 3 rings (SSSR count). The van der Waals surface area contributed by atoms with Crippen molar-refractivity contribution in [3.63, 3.8) is 0 Å². The number of fused-ring (bicyclic) bond motifs is 1. The first-order chi connectivity index (χ1) is 11.5. The predicted molar refractivity (Wildman–Crippen MR) is 101 cm³/mol. The summed E-state index contributed by atoms with van der Waals surface area (Å²) in [7, 11) is 0. The first-order valence-corrected chi connectivity index (χ1v) is 8.42. The van der Waals surface area contributed by atoms with Gasteiger partial charge in [-0.15, -0.1) is 0 Å². The molecule has 1 aromatic heterocycles. The molecule has 2 aromatic carbocycles. The van der Waals surface area contributed by atoms with Crippen molar-refractivity contribution in [3.8, 4) is 5.75 Å². The highest BCUT2D eigenvalue weighted by atomic mass is 127. The third-order valence-corrected chi connectivity index (χ3v) is 4.43. The maximum atomic E-state index is 12.3. The Kier molecular flexibility index (Phi) is 4.57. The molecular formula is C18H15IN2O3. The summed E-state index contributed by atoms with van der Waals surface area (Å²) < 4.78 is 0.868. The van der Waals surface area contributed by atoms with Gasteiger partial charge in [-0.3, -0.25) is 9.59 Å². The van der Waals surface area contributed by atoms with Crippen molar-refractivity contribution in [1.82, 2.24) is 10.3 Å². The molecule has 0 saturated heterocycles. The summed E-state index contributed by atoms with van der Waals surface area (Å²) in [6.07, 6.45) is 0. The number of aromatic nitrogens is 1. The largest absolute Gasteiger partial charge is 0.505 e. The quantitative estimate of drug-likeness (QED) is 0.555. The van der Waals surface area contributed by atoms with E-state index < -0.39 is 11.5 Å². The smallest absolute Gasteiger partial charge is 0.271 e. The first-order valence-electron chi connectivity index (χ1n) is 7.34. The second kappa shape index (κ2) is 6.64. The van der Waals surface area contributed by atoms with E-state index in [9.17, 15) is 14.7 Å². The fraction of sp³-hybridized carbons (Fsp3) is 0.111. The number of aryl methyl sites for hydroxylation is 1. The molecule has 5 nitrogen and oxygen atoms in total. The van der Waals surface area contributed by atoms with Crippen molar-refractivity contribution < 1.29 is 9.90 Å². The topological polar surface area (TPSA) is 82.2 Å². The van der Waals surface area contributed by atoms with Crippen LogP contribution in [0.15, 0.2) is 47.3 Å². The summed E-state index contributed by atoms with van der Waals surface area (Å²) >= 11 is 2.09. The maximum Gasteiger partial charge on any atom is 0.271 e. The lowest BCUT2D eigenvalue weighted by atomic mass is 10.1. The lowest BCUT2D eigenvalue weighted by molar-refractivity contribution is 0.0943. The molecule has 0 aliphatic rings. The van der Waals surface area contributed by atoms with E-state index in [1.54, 1.807) is 18.2 Å². The minimum absolute atomic E-state index is 0.124. The Labute approximate surface area is 151 Å². The van der Waals surface area contributed by atoms with Crippen LogP contribution in [0.3, 0.4) is 0 Å². The summed E-state index contributed by atoms with van der Waals surface area (Å²) in [6.45, 7) is 2.30. The highest BCUT2D eigenvalue weighted by Gasteiger charge is 2.17. The van der Waals surface area contributed by atoms with Gasteiger partial charge in [-0.05, 0) is 53.3 Å². The number of carbonyl (C=O) groups is 1. The fourth-order valence-electron chi connectivity index (χ4n) is 2.43. The third-order valence-electron chi connectivity index (χ3n) is 3.76. The summed E-state index contributed by atoms with van der Waals surface area (Å²) in [4.78, 5) is 26.9. The highest BCUT2D eigenvalue weighted by Crippen LogP contribution is 2.26. The Morgan fingerprint density at radius 1 is 1.17 bits per heavy atom. The number of hydrogen-bond donors (Lipinski definition) is 3. The number of benzene rings is 2. The monoisotopic (exact) mass is 434 g/mol. The molecule has 0 atom stereocenters. The van der Waals surface area contributed by atoms with Crippen LogP contribution in [0.4, 0.5) is 0 Å². The van der Waals surface area contributed by atoms with Gasteiger partial charge in [0.2, 0.25) is 0 Å². The van der Waals surface area contributed by atoms with E-state index in [1.807, 2.05) is 31.2 Å². The lowest BCUT2D eigenvalue weighted by Crippen LogP contribution is -2.26. The van der Waals surface area contributed by atoms with Gasteiger partial charge in [-0.1, -0.05) is 29.8 Å². The standard InChI is InChI=1S/C18H15IN2O3/c1-10-2-4-11(5-3-10)9-20-18(24)15-16(22)14-8-12(19)6-7-13(14)17(23)21-15/h2-8,22H,9H2,1H3,(H,20,24)(H,21,23). The molecule has 0 fully saturated rings. The molecule has 6 heteroatoms. The molecule has 0 spiro atoms. The predicted octanol–water partition coefficient (Wildman–Crippen LogP) is 3.08. The number of aromatic amines is 1. The van der Waals surface area contributed by atoms with Crippen molar-refractivity contribution in [3.05, 3.63) is 73.2 Å². The second-order valence-corrected chi connectivity index (χ2v) is 6.78.